The summed E-state index contributed by atoms with van der Waals surface area (Å²) in [7, 11) is 3.52. The highest BCUT2D eigenvalue weighted by molar-refractivity contribution is 5.93. The molecule has 0 fully saturated rings. The monoisotopic (exact) mass is 442 g/mol. The van der Waals surface area contributed by atoms with Crippen molar-refractivity contribution in [2.75, 3.05) is 27.2 Å². The lowest BCUT2D eigenvalue weighted by Gasteiger charge is -2.20. The second-order valence-electron chi connectivity index (χ2n) is 8.27. The molecule has 0 heterocycles. The summed E-state index contributed by atoms with van der Waals surface area (Å²) in [6.45, 7) is 4.18. The second kappa shape index (κ2) is 12.4. The quantitative estimate of drug-likeness (QED) is 0.380. The zero-order chi connectivity index (χ0) is 23.5. The first kappa shape index (κ1) is 24.1. The summed E-state index contributed by atoms with van der Waals surface area (Å²) in [5.74, 6) is 1.12. The molecular formula is C28H34N4O. The SMILES string of the molecule is CCNC(=NCc1ccc(C(=O)N(C)C)cc1)NCC(Cc1ccccc1)c1ccccc1. The Labute approximate surface area is 197 Å². The Morgan fingerprint density at radius 1 is 0.848 bits per heavy atom. The van der Waals surface area contributed by atoms with E-state index in [1.165, 1.54) is 11.1 Å². The van der Waals surface area contributed by atoms with E-state index in [1.54, 1.807) is 19.0 Å². The molecule has 0 aliphatic carbocycles. The fourth-order valence-electron chi connectivity index (χ4n) is 3.67. The summed E-state index contributed by atoms with van der Waals surface area (Å²) in [6.07, 6.45) is 0.957. The molecule has 0 aliphatic rings. The van der Waals surface area contributed by atoms with Gasteiger partial charge in [0.1, 0.15) is 0 Å². The molecule has 3 aromatic rings. The molecule has 0 bridgehead atoms. The largest absolute Gasteiger partial charge is 0.357 e. The highest BCUT2D eigenvalue weighted by atomic mass is 16.2. The van der Waals surface area contributed by atoms with Crippen molar-refractivity contribution < 1.29 is 4.79 Å². The van der Waals surface area contributed by atoms with Gasteiger partial charge in [0.15, 0.2) is 5.96 Å². The van der Waals surface area contributed by atoms with E-state index in [0.29, 0.717) is 18.0 Å². The molecule has 172 valence electrons. The fourth-order valence-corrected chi connectivity index (χ4v) is 3.67. The van der Waals surface area contributed by atoms with Crippen LogP contribution in [0.5, 0.6) is 0 Å². The molecule has 1 atom stereocenters. The van der Waals surface area contributed by atoms with Crippen LogP contribution >= 0.6 is 0 Å². The molecule has 33 heavy (non-hydrogen) atoms. The van der Waals surface area contributed by atoms with E-state index in [0.717, 1.165) is 31.0 Å². The predicted octanol–water partition coefficient (Wildman–Crippen LogP) is 4.47. The van der Waals surface area contributed by atoms with Crippen molar-refractivity contribution >= 4 is 11.9 Å². The lowest BCUT2D eigenvalue weighted by Crippen LogP contribution is -2.39. The van der Waals surface area contributed by atoms with Crippen LogP contribution in [0.15, 0.2) is 89.9 Å². The molecule has 0 spiro atoms. The van der Waals surface area contributed by atoms with Crippen molar-refractivity contribution in [3.63, 3.8) is 0 Å². The third kappa shape index (κ3) is 7.49. The van der Waals surface area contributed by atoms with Gasteiger partial charge in [0.25, 0.3) is 5.91 Å². The second-order valence-corrected chi connectivity index (χ2v) is 8.27. The van der Waals surface area contributed by atoms with Crippen LogP contribution < -0.4 is 10.6 Å². The summed E-state index contributed by atoms with van der Waals surface area (Å²) >= 11 is 0. The Bertz CT molecular complexity index is 1010. The average Bonchev–Trinajstić information content (AvgIpc) is 2.85. The molecule has 5 heteroatoms. The molecule has 0 aliphatic heterocycles. The maximum atomic E-state index is 12.1. The van der Waals surface area contributed by atoms with Gasteiger partial charge >= 0.3 is 0 Å². The molecule has 3 rings (SSSR count). The maximum Gasteiger partial charge on any atom is 0.253 e. The van der Waals surface area contributed by atoms with Gasteiger partial charge in [0.05, 0.1) is 6.54 Å². The lowest BCUT2D eigenvalue weighted by atomic mass is 9.92. The van der Waals surface area contributed by atoms with Gasteiger partial charge < -0.3 is 15.5 Å². The minimum absolute atomic E-state index is 0.00502. The number of hydrogen-bond acceptors (Lipinski definition) is 2. The van der Waals surface area contributed by atoms with Gasteiger partial charge in [-0.05, 0) is 42.2 Å². The minimum Gasteiger partial charge on any atom is -0.357 e. The smallest absolute Gasteiger partial charge is 0.253 e. The molecule has 1 unspecified atom stereocenters. The van der Waals surface area contributed by atoms with Crippen LogP contribution in [-0.2, 0) is 13.0 Å². The van der Waals surface area contributed by atoms with Crippen LogP contribution in [0.3, 0.4) is 0 Å². The topological polar surface area (TPSA) is 56.7 Å². The Morgan fingerprint density at radius 2 is 1.48 bits per heavy atom. The Kier molecular flexibility index (Phi) is 9.07. The molecular weight excluding hydrogens is 408 g/mol. The van der Waals surface area contributed by atoms with Crippen molar-refractivity contribution in [1.29, 1.82) is 0 Å². The van der Waals surface area contributed by atoms with E-state index in [1.807, 2.05) is 24.3 Å². The molecule has 0 radical (unpaired) electrons. The van der Waals surface area contributed by atoms with Crippen LogP contribution in [0.25, 0.3) is 0 Å². The van der Waals surface area contributed by atoms with E-state index in [-0.39, 0.29) is 5.91 Å². The number of guanidine groups is 1. The average molecular weight is 443 g/mol. The van der Waals surface area contributed by atoms with Crippen molar-refractivity contribution in [3.8, 4) is 0 Å². The van der Waals surface area contributed by atoms with Gasteiger partial charge in [0, 0.05) is 38.7 Å². The number of nitrogens with one attached hydrogen (secondary N) is 2. The summed E-state index contributed by atoms with van der Waals surface area (Å²) in [5.41, 5.74) is 4.38. The van der Waals surface area contributed by atoms with Gasteiger partial charge in [0.2, 0.25) is 0 Å². The predicted molar refractivity (Wildman–Crippen MR) is 137 cm³/mol. The number of rotatable bonds is 9. The fraction of sp³-hybridized carbons (Fsp3) is 0.286. The molecule has 2 N–H and O–H groups in total. The van der Waals surface area contributed by atoms with E-state index in [2.05, 4.69) is 78.2 Å². The molecule has 0 saturated heterocycles. The third-order valence-electron chi connectivity index (χ3n) is 5.48. The van der Waals surface area contributed by atoms with E-state index < -0.39 is 0 Å². The number of benzene rings is 3. The standard InChI is InChI=1S/C28H34N4O/c1-4-29-28(30-20-23-15-17-25(18-16-23)27(33)32(2)3)31-21-26(24-13-9-6-10-14-24)19-22-11-7-5-8-12-22/h5-18,26H,4,19-21H2,1-3H3,(H2,29,30,31). The highest BCUT2D eigenvalue weighted by Crippen LogP contribution is 2.20. The first-order valence-electron chi connectivity index (χ1n) is 11.5. The zero-order valence-electron chi connectivity index (χ0n) is 19.8. The van der Waals surface area contributed by atoms with Crippen molar-refractivity contribution in [1.82, 2.24) is 15.5 Å². The number of hydrogen-bond donors (Lipinski definition) is 2. The summed E-state index contributed by atoms with van der Waals surface area (Å²) in [5, 5.41) is 6.88. The lowest BCUT2D eigenvalue weighted by molar-refractivity contribution is 0.0827. The van der Waals surface area contributed by atoms with Gasteiger partial charge in [-0.2, -0.15) is 0 Å². The van der Waals surface area contributed by atoms with E-state index in [9.17, 15) is 4.79 Å². The molecule has 0 aromatic heterocycles. The maximum absolute atomic E-state index is 12.1. The summed E-state index contributed by atoms with van der Waals surface area (Å²) in [6, 6.07) is 28.9. The number of carbonyl (C=O) groups excluding carboxylic acids is 1. The van der Waals surface area contributed by atoms with Crippen molar-refractivity contribution in [3.05, 3.63) is 107 Å². The number of amides is 1. The van der Waals surface area contributed by atoms with Gasteiger partial charge in [-0.15, -0.1) is 0 Å². The van der Waals surface area contributed by atoms with Crippen LogP contribution in [-0.4, -0.2) is 44.0 Å². The van der Waals surface area contributed by atoms with Crippen LogP contribution in [0, 0.1) is 0 Å². The van der Waals surface area contributed by atoms with E-state index in [4.69, 9.17) is 4.99 Å². The first-order chi connectivity index (χ1) is 16.1. The third-order valence-corrected chi connectivity index (χ3v) is 5.48. The molecule has 3 aromatic carbocycles. The Hall–Kier alpha value is -3.60. The van der Waals surface area contributed by atoms with Gasteiger partial charge in [-0.25, -0.2) is 4.99 Å². The highest BCUT2D eigenvalue weighted by Gasteiger charge is 2.13. The minimum atomic E-state index is 0.00502. The summed E-state index contributed by atoms with van der Waals surface area (Å²) in [4.78, 5) is 18.4. The van der Waals surface area contributed by atoms with Crippen molar-refractivity contribution in [2.45, 2.75) is 25.8 Å². The van der Waals surface area contributed by atoms with Gasteiger partial charge in [-0.1, -0.05) is 72.8 Å². The number of aliphatic imine (C=N–C) groups is 1. The van der Waals surface area contributed by atoms with Crippen LogP contribution in [0.1, 0.15) is 39.9 Å². The Balaban J connectivity index is 1.67. The number of nitrogens with zero attached hydrogens (tertiary/aromatic N) is 2. The number of carbonyl (C=O) groups is 1. The first-order valence-corrected chi connectivity index (χ1v) is 11.5. The van der Waals surface area contributed by atoms with Gasteiger partial charge in [-0.3, -0.25) is 4.79 Å². The van der Waals surface area contributed by atoms with Crippen molar-refractivity contribution in [2.24, 2.45) is 4.99 Å². The Morgan fingerprint density at radius 3 is 2.09 bits per heavy atom. The zero-order valence-corrected chi connectivity index (χ0v) is 19.8. The van der Waals surface area contributed by atoms with E-state index >= 15 is 0 Å². The summed E-state index contributed by atoms with van der Waals surface area (Å²) < 4.78 is 0. The van der Waals surface area contributed by atoms with Crippen LogP contribution in [0.2, 0.25) is 0 Å². The normalized spacial score (nSPS) is 12.2. The molecule has 5 nitrogen and oxygen atoms in total. The van der Waals surface area contributed by atoms with Crippen LogP contribution in [0.4, 0.5) is 0 Å². The molecule has 1 amide bonds. The molecule has 0 saturated carbocycles.